The van der Waals surface area contributed by atoms with Gasteiger partial charge in [0, 0.05) is 38.1 Å². The van der Waals surface area contributed by atoms with Crippen molar-refractivity contribution in [1.29, 1.82) is 0 Å². The fourth-order valence-corrected chi connectivity index (χ4v) is 10.7. The Bertz CT molecular complexity index is 3180. The number of hydrogen-bond donors (Lipinski definition) is 0. The second-order valence-corrected chi connectivity index (χ2v) is 16.6. The number of hydrogen-bond acceptors (Lipinski definition) is 4. The zero-order chi connectivity index (χ0) is 39.6. The minimum atomic E-state index is -0.492. The second kappa shape index (κ2) is 13.9. The molecule has 0 N–H and O–H groups in total. The smallest absolute Gasteiger partial charge is 0.160 e. The SMILES string of the molecule is c1ccc(-c2cc(-c3ccccc3)nc(-c3ccc4c(c3)-c3cc(-c5ccc(-c6cccc7ncccc67)cc5)ccc3C43c4ccccc4Sc4ccccc43)n2)cc1. The van der Waals surface area contributed by atoms with Crippen LogP contribution in [0.5, 0.6) is 0 Å². The molecule has 60 heavy (non-hydrogen) atoms. The van der Waals surface area contributed by atoms with Crippen molar-refractivity contribution in [3.8, 4) is 67.3 Å². The van der Waals surface area contributed by atoms with Gasteiger partial charge in [0.05, 0.1) is 22.3 Å². The van der Waals surface area contributed by atoms with Gasteiger partial charge in [0.2, 0.25) is 0 Å². The van der Waals surface area contributed by atoms with Crippen LogP contribution in [0.2, 0.25) is 0 Å². The van der Waals surface area contributed by atoms with Gasteiger partial charge in [-0.1, -0.05) is 176 Å². The quantitative estimate of drug-likeness (QED) is 0.174. The summed E-state index contributed by atoms with van der Waals surface area (Å²) in [5.74, 6) is 0.705. The molecule has 1 aliphatic carbocycles. The van der Waals surface area contributed by atoms with Crippen LogP contribution in [-0.4, -0.2) is 15.0 Å². The molecule has 0 atom stereocenters. The highest BCUT2D eigenvalue weighted by molar-refractivity contribution is 7.99. The van der Waals surface area contributed by atoms with Gasteiger partial charge in [-0.05, 0) is 98.1 Å². The number of rotatable bonds is 5. The minimum Gasteiger partial charge on any atom is -0.256 e. The fourth-order valence-electron chi connectivity index (χ4n) is 9.51. The number of benzene rings is 8. The van der Waals surface area contributed by atoms with Crippen LogP contribution in [0.15, 0.2) is 222 Å². The maximum absolute atomic E-state index is 5.26. The van der Waals surface area contributed by atoms with Crippen molar-refractivity contribution in [3.05, 3.63) is 235 Å². The van der Waals surface area contributed by atoms with Crippen LogP contribution >= 0.6 is 11.8 Å². The van der Waals surface area contributed by atoms with Gasteiger partial charge in [0.25, 0.3) is 0 Å². The molecule has 0 bridgehead atoms. The summed E-state index contributed by atoms with van der Waals surface area (Å²) in [7, 11) is 0. The highest BCUT2D eigenvalue weighted by atomic mass is 32.2. The zero-order valence-corrected chi connectivity index (χ0v) is 33.3. The second-order valence-electron chi connectivity index (χ2n) is 15.5. The number of pyridine rings is 1. The van der Waals surface area contributed by atoms with Crippen LogP contribution in [0, 0.1) is 0 Å². The van der Waals surface area contributed by atoms with Crippen molar-refractivity contribution in [3.63, 3.8) is 0 Å². The zero-order valence-electron chi connectivity index (χ0n) is 32.5. The molecule has 1 spiro atoms. The third-order valence-corrected chi connectivity index (χ3v) is 13.4. The van der Waals surface area contributed by atoms with Crippen LogP contribution in [0.4, 0.5) is 0 Å². The molecule has 2 aromatic heterocycles. The molecular formula is C56H35N3S. The first-order valence-corrected chi connectivity index (χ1v) is 21.2. The van der Waals surface area contributed by atoms with Crippen LogP contribution in [0.25, 0.3) is 78.2 Å². The monoisotopic (exact) mass is 781 g/mol. The molecule has 0 amide bonds. The summed E-state index contributed by atoms with van der Waals surface area (Å²) in [6, 6.07) is 74.4. The summed E-state index contributed by atoms with van der Waals surface area (Å²) >= 11 is 1.87. The average Bonchev–Trinajstić information content (AvgIpc) is 3.61. The first-order chi connectivity index (χ1) is 29.7. The van der Waals surface area contributed by atoms with E-state index in [9.17, 15) is 0 Å². The Morgan fingerprint density at radius 3 is 1.55 bits per heavy atom. The molecule has 1 aliphatic heterocycles. The van der Waals surface area contributed by atoms with Crippen LogP contribution < -0.4 is 0 Å². The standard InChI is InChI=1S/C56H35N3S/c1-3-13-38(14-4-1)51-35-52(39-15-5-2-6-16-39)59-55(58-51)41-29-31-47-45(34-41)44-33-40(36-24-26-37(27-25-36)42-17-11-21-50-43(42)18-12-32-57-50)28-30-46(44)56(47)48-19-7-9-22-53(48)60-54-23-10-8-20-49(54)56/h1-35H. The number of aromatic nitrogens is 3. The molecule has 0 fully saturated rings. The molecular weight excluding hydrogens is 747 g/mol. The Morgan fingerprint density at radius 1 is 0.350 bits per heavy atom. The third kappa shape index (κ3) is 5.42. The Kier molecular flexibility index (Phi) is 8.00. The Labute approximate surface area is 353 Å². The average molecular weight is 782 g/mol. The van der Waals surface area contributed by atoms with E-state index in [1.165, 1.54) is 65.4 Å². The summed E-state index contributed by atoms with van der Waals surface area (Å²) < 4.78 is 0. The molecule has 0 saturated heterocycles. The molecule has 0 radical (unpaired) electrons. The predicted octanol–water partition coefficient (Wildman–Crippen LogP) is 14.2. The molecule has 0 unspecified atom stereocenters. The largest absolute Gasteiger partial charge is 0.256 e. The Hall–Kier alpha value is -7.40. The van der Waals surface area contributed by atoms with Gasteiger partial charge in [-0.25, -0.2) is 9.97 Å². The van der Waals surface area contributed by atoms with Gasteiger partial charge in [-0.3, -0.25) is 4.98 Å². The Balaban J connectivity index is 1.06. The summed E-state index contributed by atoms with van der Waals surface area (Å²) in [4.78, 5) is 17.7. The molecule has 10 aromatic rings. The minimum absolute atomic E-state index is 0.492. The normalized spacial score (nSPS) is 13.1. The summed E-state index contributed by atoms with van der Waals surface area (Å²) in [5, 5.41) is 1.16. The van der Waals surface area contributed by atoms with Crippen molar-refractivity contribution in [1.82, 2.24) is 15.0 Å². The lowest BCUT2D eigenvalue weighted by atomic mass is 9.67. The molecule has 8 aromatic carbocycles. The summed E-state index contributed by atoms with van der Waals surface area (Å²) in [5.41, 5.74) is 17.8. The summed E-state index contributed by atoms with van der Waals surface area (Å²) in [6.45, 7) is 0. The fraction of sp³-hybridized carbons (Fsp3) is 0.0179. The lowest BCUT2D eigenvalue weighted by molar-refractivity contribution is 0.722. The molecule has 3 nitrogen and oxygen atoms in total. The maximum atomic E-state index is 5.26. The van der Waals surface area contributed by atoms with Gasteiger partial charge in [0.1, 0.15) is 0 Å². The lowest BCUT2D eigenvalue weighted by Crippen LogP contribution is -2.31. The molecule has 0 saturated carbocycles. The molecule has 12 rings (SSSR count). The van der Waals surface area contributed by atoms with E-state index in [1.54, 1.807) is 0 Å². The molecule has 4 heteroatoms. The van der Waals surface area contributed by atoms with Crippen molar-refractivity contribution >= 4 is 22.7 Å². The van der Waals surface area contributed by atoms with Crippen molar-refractivity contribution in [2.75, 3.05) is 0 Å². The first kappa shape index (κ1) is 34.6. The van der Waals surface area contributed by atoms with E-state index in [2.05, 4.69) is 193 Å². The van der Waals surface area contributed by atoms with E-state index in [1.807, 2.05) is 36.2 Å². The first-order valence-electron chi connectivity index (χ1n) is 20.3. The van der Waals surface area contributed by atoms with Gasteiger partial charge >= 0.3 is 0 Å². The van der Waals surface area contributed by atoms with Crippen molar-refractivity contribution in [2.24, 2.45) is 0 Å². The summed E-state index contributed by atoms with van der Waals surface area (Å²) in [6.07, 6.45) is 1.86. The van der Waals surface area contributed by atoms with Crippen LogP contribution in [-0.2, 0) is 5.41 Å². The lowest BCUT2D eigenvalue weighted by Gasteiger charge is -2.39. The highest BCUT2D eigenvalue weighted by Gasteiger charge is 2.50. The van der Waals surface area contributed by atoms with Crippen LogP contribution in [0.3, 0.4) is 0 Å². The van der Waals surface area contributed by atoms with E-state index >= 15 is 0 Å². The van der Waals surface area contributed by atoms with Gasteiger partial charge in [-0.2, -0.15) is 0 Å². The van der Waals surface area contributed by atoms with Crippen molar-refractivity contribution < 1.29 is 0 Å². The maximum Gasteiger partial charge on any atom is 0.160 e. The third-order valence-electron chi connectivity index (χ3n) is 12.2. The molecule has 280 valence electrons. The van der Waals surface area contributed by atoms with E-state index in [0.717, 1.165) is 39.0 Å². The Morgan fingerprint density at radius 2 is 0.900 bits per heavy atom. The topological polar surface area (TPSA) is 38.7 Å². The number of fused-ring (bicyclic) bond motifs is 10. The van der Waals surface area contributed by atoms with Crippen molar-refractivity contribution in [2.45, 2.75) is 15.2 Å². The highest BCUT2D eigenvalue weighted by Crippen LogP contribution is 2.62. The van der Waals surface area contributed by atoms with E-state index in [4.69, 9.17) is 9.97 Å². The van der Waals surface area contributed by atoms with Crippen LogP contribution in [0.1, 0.15) is 22.3 Å². The van der Waals surface area contributed by atoms with Gasteiger partial charge < -0.3 is 0 Å². The predicted molar refractivity (Wildman–Crippen MR) is 246 cm³/mol. The molecule has 2 aliphatic rings. The number of nitrogens with zero attached hydrogens (tertiary/aromatic N) is 3. The van der Waals surface area contributed by atoms with E-state index in [-0.39, 0.29) is 0 Å². The van der Waals surface area contributed by atoms with Gasteiger partial charge in [0.15, 0.2) is 5.82 Å². The molecule has 3 heterocycles. The van der Waals surface area contributed by atoms with E-state index in [0.29, 0.717) is 5.82 Å². The van der Waals surface area contributed by atoms with Gasteiger partial charge in [-0.15, -0.1) is 0 Å². The van der Waals surface area contributed by atoms with E-state index < -0.39 is 5.41 Å².